The predicted molar refractivity (Wildman–Crippen MR) is 50.9 cm³/mol. The van der Waals surface area contributed by atoms with E-state index < -0.39 is 0 Å². The summed E-state index contributed by atoms with van der Waals surface area (Å²) in [5.74, 6) is 0. The number of hydrogen-bond donors (Lipinski definition) is 1. The first-order chi connectivity index (χ1) is 5.38. The Morgan fingerprint density at radius 1 is 1.08 bits per heavy atom. The highest BCUT2D eigenvalue weighted by Gasteiger charge is 2.27. The second-order valence-corrected chi connectivity index (χ2v) is 2.65. The van der Waals surface area contributed by atoms with Crippen molar-refractivity contribution in [2.24, 2.45) is 0 Å². The predicted octanol–water partition coefficient (Wildman–Crippen LogP) is 0.822. The first kappa shape index (κ1) is 12.2. The molecule has 74 valence electrons. The molecule has 1 fully saturated rings. The van der Waals surface area contributed by atoms with E-state index in [1.807, 2.05) is 13.8 Å². The van der Waals surface area contributed by atoms with Gasteiger partial charge in [-0.15, -0.1) is 12.4 Å². The Hall–Kier alpha value is 0.170. The van der Waals surface area contributed by atoms with Crippen LogP contribution in [0.2, 0.25) is 0 Å². The van der Waals surface area contributed by atoms with Gasteiger partial charge in [-0.25, -0.2) is 0 Å². The van der Waals surface area contributed by atoms with E-state index in [4.69, 9.17) is 9.47 Å². The summed E-state index contributed by atoms with van der Waals surface area (Å²) in [6, 6.07) is 0. The van der Waals surface area contributed by atoms with Crippen LogP contribution in [0.3, 0.4) is 0 Å². The van der Waals surface area contributed by atoms with Crippen LogP contribution in [-0.4, -0.2) is 38.5 Å². The molecule has 0 spiro atoms. The summed E-state index contributed by atoms with van der Waals surface area (Å²) in [7, 11) is 0. The highest BCUT2D eigenvalue weighted by Crippen LogP contribution is 2.08. The van der Waals surface area contributed by atoms with E-state index >= 15 is 0 Å². The maximum absolute atomic E-state index is 5.48. The molecule has 0 amide bonds. The molecule has 0 radical (unpaired) electrons. The van der Waals surface area contributed by atoms with E-state index in [1.165, 1.54) is 0 Å². The molecule has 1 aliphatic heterocycles. The van der Waals surface area contributed by atoms with E-state index in [9.17, 15) is 0 Å². The van der Waals surface area contributed by atoms with Crippen LogP contribution in [0.15, 0.2) is 0 Å². The Labute approximate surface area is 80.2 Å². The molecule has 0 bridgehead atoms. The molecular weight excluding hydrogens is 178 g/mol. The van der Waals surface area contributed by atoms with Gasteiger partial charge in [0.15, 0.2) is 0 Å². The summed E-state index contributed by atoms with van der Waals surface area (Å²) in [6.45, 7) is 7.44. The fraction of sp³-hybridized carbons (Fsp3) is 1.00. The second kappa shape index (κ2) is 6.66. The van der Waals surface area contributed by atoms with Crippen molar-refractivity contribution in [3.8, 4) is 0 Å². The molecule has 0 aromatic rings. The topological polar surface area (TPSA) is 30.5 Å². The lowest BCUT2D eigenvalue weighted by Gasteiger charge is -2.17. The van der Waals surface area contributed by atoms with Crippen LogP contribution in [0.4, 0.5) is 0 Å². The average Bonchev–Trinajstić information content (AvgIpc) is 2.39. The summed E-state index contributed by atoms with van der Waals surface area (Å²) in [4.78, 5) is 0. The number of nitrogens with one attached hydrogen (secondary N) is 1. The maximum Gasteiger partial charge on any atom is 0.0972 e. The molecule has 0 aromatic heterocycles. The molecule has 1 rings (SSSR count). The molecule has 3 nitrogen and oxygen atoms in total. The highest BCUT2D eigenvalue weighted by molar-refractivity contribution is 5.85. The number of rotatable bonds is 4. The zero-order valence-corrected chi connectivity index (χ0v) is 8.52. The second-order valence-electron chi connectivity index (χ2n) is 2.65. The molecule has 2 atom stereocenters. The SMILES string of the molecule is CCO[C@H]1CNC[C@H]1OCC.Cl. The maximum atomic E-state index is 5.48. The first-order valence-corrected chi connectivity index (χ1v) is 4.32. The molecule has 0 aliphatic carbocycles. The van der Waals surface area contributed by atoms with Gasteiger partial charge in [-0.05, 0) is 13.8 Å². The summed E-state index contributed by atoms with van der Waals surface area (Å²) in [6.07, 6.45) is 0.528. The third-order valence-electron chi connectivity index (χ3n) is 1.87. The fourth-order valence-electron chi connectivity index (χ4n) is 1.39. The summed E-state index contributed by atoms with van der Waals surface area (Å²) in [5, 5.41) is 3.24. The van der Waals surface area contributed by atoms with Gasteiger partial charge in [-0.1, -0.05) is 0 Å². The van der Waals surface area contributed by atoms with Crippen molar-refractivity contribution in [1.82, 2.24) is 5.32 Å². The molecular formula is C8H18ClNO2. The van der Waals surface area contributed by atoms with E-state index in [0.717, 1.165) is 26.3 Å². The van der Waals surface area contributed by atoms with Crippen LogP contribution < -0.4 is 5.32 Å². The minimum atomic E-state index is 0. The van der Waals surface area contributed by atoms with Crippen LogP contribution in [-0.2, 0) is 9.47 Å². The molecule has 0 aromatic carbocycles. The Bertz CT molecular complexity index is 101. The van der Waals surface area contributed by atoms with E-state index in [2.05, 4.69) is 5.32 Å². The van der Waals surface area contributed by atoms with Crippen molar-refractivity contribution in [2.45, 2.75) is 26.1 Å². The molecule has 4 heteroatoms. The van der Waals surface area contributed by atoms with Gasteiger partial charge < -0.3 is 14.8 Å². The molecule has 1 saturated heterocycles. The lowest BCUT2D eigenvalue weighted by atomic mass is 10.2. The van der Waals surface area contributed by atoms with Gasteiger partial charge in [0.1, 0.15) is 0 Å². The smallest absolute Gasteiger partial charge is 0.0972 e. The highest BCUT2D eigenvalue weighted by atomic mass is 35.5. The molecule has 1 aliphatic rings. The Morgan fingerprint density at radius 2 is 1.50 bits per heavy atom. The monoisotopic (exact) mass is 195 g/mol. The quantitative estimate of drug-likeness (QED) is 0.721. The van der Waals surface area contributed by atoms with Gasteiger partial charge in [0.05, 0.1) is 12.2 Å². The summed E-state index contributed by atoms with van der Waals surface area (Å²) in [5.41, 5.74) is 0. The number of halogens is 1. The van der Waals surface area contributed by atoms with Crippen LogP contribution >= 0.6 is 12.4 Å². The van der Waals surface area contributed by atoms with Gasteiger partial charge in [0.2, 0.25) is 0 Å². The summed E-state index contributed by atoms with van der Waals surface area (Å²) < 4.78 is 11.0. The number of ether oxygens (including phenoxy) is 2. The zero-order chi connectivity index (χ0) is 8.10. The largest absolute Gasteiger partial charge is 0.374 e. The van der Waals surface area contributed by atoms with Crippen molar-refractivity contribution in [1.29, 1.82) is 0 Å². The standard InChI is InChI=1S/C8H17NO2.ClH/c1-3-10-7-5-9-6-8(7)11-4-2;/h7-9H,3-6H2,1-2H3;1H/t7-,8+;. The molecule has 0 unspecified atom stereocenters. The van der Waals surface area contributed by atoms with E-state index in [0.29, 0.717) is 0 Å². The van der Waals surface area contributed by atoms with Gasteiger partial charge in [0.25, 0.3) is 0 Å². The third-order valence-corrected chi connectivity index (χ3v) is 1.87. The van der Waals surface area contributed by atoms with E-state index in [-0.39, 0.29) is 24.6 Å². The van der Waals surface area contributed by atoms with Crippen molar-refractivity contribution in [2.75, 3.05) is 26.3 Å². The Morgan fingerprint density at radius 3 is 1.83 bits per heavy atom. The average molecular weight is 196 g/mol. The van der Waals surface area contributed by atoms with Crippen molar-refractivity contribution in [3.05, 3.63) is 0 Å². The van der Waals surface area contributed by atoms with Crippen molar-refractivity contribution >= 4 is 12.4 Å². The first-order valence-electron chi connectivity index (χ1n) is 4.32. The van der Waals surface area contributed by atoms with Gasteiger partial charge in [-0.3, -0.25) is 0 Å². The minimum absolute atomic E-state index is 0. The van der Waals surface area contributed by atoms with Crippen molar-refractivity contribution in [3.63, 3.8) is 0 Å². The lowest BCUT2D eigenvalue weighted by Crippen LogP contribution is -2.29. The molecule has 1 N–H and O–H groups in total. The molecule has 1 heterocycles. The van der Waals surface area contributed by atoms with Gasteiger partial charge >= 0.3 is 0 Å². The van der Waals surface area contributed by atoms with E-state index in [1.54, 1.807) is 0 Å². The lowest BCUT2D eigenvalue weighted by molar-refractivity contribution is -0.0388. The number of hydrogen-bond acceptors (Lipinski definition) is 3. The van der Waals surface area contributed by atoms with Crippen molar-refractivity contribution < 1.29 is 9.47 Å². The normalized spacial score (nSPS) is 28.5. The molecule has 12 heavy (non-hydrogen) atoms. The molecule has 0 saturated carbocycles. The summed E-state index contributed by atoms with van der Waals surface area (Å²) >= 11 is 0. The van der Waals surface area contributed by atoms with Crippen LogP contribution in [0.1, 0.15) is 13.8 Å². The van der Waals surface area contributed by atoms with Gasteiger partial charge in [-0.2, -0.15) is 0 Å². The Kier molecular flexibility index (Phi) is 6.76. The minimum Gasteiger partial charge on any atom is -0.374 e. The van der Waals surface area contributed by atoms with Crippen LogP contribution in [0.25, 0.3) is 0 Å². The van der Waals surface area contributed by atoms with Crippen LogP contribution in [0.5, 0.6) is 0 Å². The van der Waals surface area contributed by atoms with Crippen LogP contribution in [0, 0.1) is 0 Å². The van der Waals surface area contributed by atoms with Gasteiger partial charge in [0, 0.05) is 26.3 Å². The zero-order valence-electron chi connectivity index (χ0n) is 7.71. The fourth-order valence-corrected chi connectivity index (χ4v) is 1.39. The Balaban J connectivity index is 0.00000121. The third kappa shape index (κ3) is 3.27.